The van der Waals surface area contributed by atoms with Crippen LogP contribution in [-0.2, 0) is 9.59 Å². The molecule has 0 aromatic rings. The van der Waals surface area contributed by atoms with Gasteiger partial charge in [0.05, 0.1) is 5.92 Å². The van der Waals surface area contributed by atoms with Gasteiger partial charge in [0, 0.05) is 5.92 Å². The van der Waals surface area contributed by atoms with Crippen LogP contribution in [0.1, 0.15) is 111 Å². The standard InChI is InChI=1S/C28H46O3/c1-5-6-7-8-21(26(30)31)19-13-15-27(3)20(17-19)9-10-22-24-12-11-23(18(2)29)28(24,4)16-14-25(22)27/h19-25H,5-17H2,1-4H3,(H,30,31)/t19-,20+,21?,22+,23-,24+,25+,27+,28-/m1/s1. The van der Waals surface area contributed by atoms with Crippen LogP contribution in [0.15, 0.2) is 0 Å². The summed E-state index contributed by atoms with van der Waals surface area (Å²) in [4.78, 5) is 24.4. The minimum Gasteiger partial charge on any atom is -0.481 e. The number of ketones is 1. The SMILES string of the molecule is CCCCCC(C(=O)O)[C@@H]1CC[C@@]2(C)[C@@H](CC[C@@H]3[C@@H]2CC[C@]2(C)[C@@H](C(C)=O)CC[C@@H]32)C1. The van der Waals surface area contributed by atoms with Gasteiger partial charge in [0.25, 0.3) is 0 Å². The molecule has 4 saturated carbocycles. The molecule has 3 nitrogen and oxygen atoms in total. The monoisotopic (exact) mass is 430 g/mol. The number of carbonyl (C=O) groups is 2. The van der Waals surface area contributed by atoms with Crippen molar-refractivity contribution in [3.8, 4) is 0 Å². The highest BCUT2D eigenvalue weighted by molar-refractivity contribution is 5.79. The number of hydrogen-bond donors (Lipinski definition) is 1. The maximum atomic E-state index is 12.4. The normalized spacial score (nSPS) is 45.3. The molecule has 1 unspecified atom stereocenters. The molecule has 0 radical (unpaired) electrons. The van der Waals surface area contributed by atoms with Crippen LogP contribution in [0.4, 0.5) is 0 Å². The number of aliphatic carboxylic acids is 1. The lowest BCUT2D eigenvalue weighted by Gasteiger charge is -2.61. The van der Waals surface area contributed by atoms with Crippen molar-refractivity contribution in [2.45, 2.75) is 111 Å². The first-order valence-corrected chi connectivity index (χ1v) is 13.5. The number of Topliss-reactive ketones (excluding diaryl/α,β-unsaturated/α-hetero) is 1. The zero-order valence-electron chi connectivity index (χ0n) is 20.5. The Morgan fingerprint density at radius 3 is 2.32 bits per heavy atom. The largest absolute Gasteiger partial charge is 0.481 e. The number of carboxylic acid groups (broad SMARTS) is 1. The average Bonchev–Trinajstić information content (AvgIpc) is 3.08. The van der Waals surface area contributed by atoms with Gasteiger partial charge in [-0.1, -0.05) is 40.0 Å². The van der Waals surface area contributed by atoms with Crippen molar-refractivity contribution in [1.82, 2.24) is 0 Å². The number of rotatable bonds is 7. The Labute approximate surface area is 190 Å². The van der Waals surface area contributed by atoms with Gasteiger partial charge in [-0.05, 0) is 112 Å². The highest BCUT2D eigenvalue weighted by Gasteiger charge is 2.61. The van der Waals surface area contributed by atoms with Gasteiger partial charge in [-0.3, -0.25) is 9.59 Å². The fourth-order valence-corrected chi connectivity index (χ4v) is 9.50. The van der Waals surface area contributed by atoms with E-state index in [2.05, 4.69) is 20.8 Å². The van der Waals surface area contributed by atoms with Gasteiger partial charge in [0.2, 0.25) is 0 Å². The van der Waals surface area contributed by atoms with Crippen molar-refractivity contribution >= 4 is 11.8 Å². The predicted octanol–water partition coefficient (Wildman–Crippen LogP) is 7.13. The fourth-order valence-electron chi connectivity index (χ4n) is 9.50. The summed E-state index contributed by atoms with van der Waals surface area (Å²) in [6, 6.07) is 0. The molecular formula is C28H46O3. The van der Waals surface area contributed by atoms with Crippen molar-refractivity contribution in [2.24, 2.45) is 52.3 Å². The first-order valence-electron chi connectivity index (χ1n) is 13.5. The van der Waals surface area contributed by atoms with Crippen molar-refractivity contribution in [3.63, 3.8) is 0 Å². The molecule has 1 N–H and O–H groups in total. The molecule has 0 heterocycles. The Kier molecular flexibility index (Phi) is 6.63. The molecule has 3 heteroatoms. The molecule has 0 aromatic heterocycles. The van der Waals surface area contributed by atoms with Gasteiger partial charge in [0.15, 0.2) is 0 Å². The molecule has 0 aromatic carbocycles. The lowest BCUT2D eigenvalue weighted by Crippen LogP contribution is -2.54. The second kappa shape index (κ2) is 8.82. The molecule has 176 valence electrons. The van der Waals surface area contributed by atoms with Gasteiger partial charge in [-0.2, -0.15) is 0 Å². The second-order valence-corrected chi connectivity index (χ2v) is 12.4. The van der Waals surface area contributed by atoms with Crippen molar-refractivity contribution in [2.75, 3.05) is 0 Å². The molecular weight excluding hydrogens is 384 g/mol. The summed E-state index contributed by atoms with van der Waals surface area (Å²) in [6.45, 7) is 9.02. The summed E-state index contributed by atoms with van der Waals surface area (Å²) < 4.78 is 0. The van der Waals surface area contributed by atoms with Crippen LogP contribution in [0.25, 0.3) is 0 Å². The van der Waals surface area contributed by atoms with Crippen LogP contribution in [0.3, 0.4) is 0 Å². The minimum atomic E-state index is -0.548. The Hall–Kier alpha value is -0.860. The Morgan fingerprint density at radius 1 is 0.935 bits per heavy atom. The molecule has 9 atom stereocenters. The van der Waals surface area contributed by atoms with E-state index in [0.717, 1.165) is 62.7 Å². The molecule has 0 amide bonds. The Morgan fingerprint density at radius 2 is 1.65 bits per heavy atom. The first-order chi connectivity index (χ1) is 14.7. The number of carbonyl (C=O) groups excluding carboxylic acids is 1. The molecule has 0 aliphatic heterocycles. The van der Waals surface area contributed by atoms with Crippen LogP contribution in [-0.4, -0.2) is 16.9 Å². The number of unbranched alkanes of at least 4 members (excludes halogenated alkanes) is 2. The average molecular weight is 431 g/mol. The molecule has 4 fully saturated rings. The van der Waals surface area contributed by atoms with E-state index >= 15 is 0 Å². The van der Waals surface area contributed by atoms with Crippen molar-refractivity contribution in [3.05, 3.63) is 0 Å². The molecule has 0 bridgehead atoms. The van der Waals surface area contributed by atoms with Crippen LogP contribution < -0.4 is 0 Å². The predicted molar refractivity (Wildman–Crippen MR) is 125 cm³/mol. The van der Waals surface area contributed by atoms with E-state index in [9.17, 15) is 14.7 Å². The van der Waals surface area contributed by atoms with E-state index in [1.54, 1.807) is 0 Å². The number of fused-ring (bicyclic) bond motifs is 5. The van der Waals surface area contributed by atoms with E-state index in [1.807, 2.05) is 6.92 Å². The molecule has 4 aliphatic rings. The van der Waals surface area contributed by atoms with E-state index in [0.29, 0.717) is 29.0 Å². The minimum absolute atomic E-state index is 0.130. The lowest BCUT2D eigenvalue weighted by molar-refractivity contribution is -0.151. The summed E-state index contributed by atoms with van der Waals surface area (Å²) in [5.74, 6) is 3.44. The quantitative estimate of drug-likeness (QED) is 0.437. The lowest BCUT2D eigenvalue weighted by atomic mass is 9.43. The second-order valence-electron chi connectivity index (χ2n) is 12.4. The van der Waals surface area contributed by atoms with E-state index in [1.165, 1.54) is 38.5 Å². The third kappa shape index (κ3) is 3.90. The third-order valence-corrected chi connectivity index (χ3v) is 11.2. The van der Waals surface area contributed by atoms with Crippen LogP contribution >= 0.6 is 0 Å². The molecule has 0 saturated heterocycles. The highest BCUT2D eigenvalue weighted by Crippen LogP contribution is 2.68. The highest BCUT2D eigenvalue weighted by atomic mass is 16.4. The Balaban J connectivity index is 1.47. The smallest absolute Gasteiger partial charge is 0.306 e. The maximum absolute atomic E-state index is 12.4. The summed E-state index contributed by atoms with van der Waals surface area (Å²) in [5.41, 5.74) is 0.628. The summed E-state index contributed by atoms with van der Waals surface area (Å²) in [7, 11) is 0. The van der Waals surface area contributed by atoms with Crippen LogP contribution in [0.5, 0.6) is 0 Å². The Bertz CT molecular complexity index is 686. The number of hydrogen-bond acceptors (Lipinski definition) is 2. The van der Waals surface area contributed by atoms with E-state index in [-0.39, 0.29) is 11.3 Å². The molecule has 31 heavy (non-hydrogen) atoms. The van der Waals surface area contributed by atoms with Crippen LogP contribution in [0.2, 0.25) is 0 Å². The molecule has 4 aliphatic carbocycles. The first kappa shape index (κ1) is 23.3. The maximum Gasteiger partial charge on any atom is 0.306 e. The fraction of sp³-hybridized carbons (Fsp3) is 0.929. The number of carboxylic acids is 1. The summed E-state index contributed by atoms with van der Waals surface area (Å²) in [6.07, 6.45) is 15.2. The van der Waals surface area contributed by atoms with E-state index < -0.39 is 5.97 Å². The van der Waals surface area contributed by atoms with Gasteiger partial charge < -0.3 is 5.11 Å². The summed E-state index contributed by atoms with van der Waals surface area (Å²) >= 11 is 0. The summed E-state index contributed by atoms with van der Waals surface area (Å²) in [5, 5.41) is 9.95. The van der Waals surface area contributed by atoms with E-state index in [4.69, 9.17) is 0 Å². The van der Waals surface area contributed by atoms with Crippen molar-refractivity contribution in [1.29, 1.82) is 0 Å². The van der Waals surface area contributed by atoms with Gasteiger partial charge in [-0.15, -0.1) is 0 Å². The zero-order chi connectivity index (χ0) is 22.4. The topological polar surface area (TPSA) is 54.4 Å². The van der Waals surface area contributed by atoms with Gasteiger partial charge in [-0.25, -0.2) is 0 Å². The third-order valence-electron chi connectivity index (χ3n) is 11.2. The van der Waals surface area contributed by atoms with Crippen molar-refractivity contribution < 1.29 is 14.7 Å². The van der Waals surface area contributed by atoms with Gasteiger partial charge >= 0.3 is 5.97 Å². The molecule has 4 rings (SSSR count). The molecule has 0 spiro atoms. The van der Waals surface area contributed by atoms with Crippen LogP contribution in [0, 0.1) is 52.3 Å². The van der Waals surface area contributed by atoms with Gasteiger partial charge in [0.1, 0.15) is 5.78 Å². The zero-order valence-corrected chi connectivity index (χ0v) is 20.5.